The number of hydrogen-bond donors (Lipinski definition) is 1. The summed E-state index contributed by atoms with van der Waals surface area (Å²) >= 11 is 0. The molecule has 1 aromatic rings. The lowest BCUT2D eigenvalue weighted by Crippen LogP contribution is -2.49. The van der Waals surface area contributed by atoms with Crippen molar-refractivity contribution in [3.05, 3.63) is 34.9 Å². The standard InChI is InChI=1S/C15H24N2/c1-11-5-6-15(9-12(11)2)14(4)17-8-7-16-13(3)10-17/h5-6,9,13-14,16H,7-8,10H2,1-4H3. The summed E-state index contributed by atoms with van der Waals surface area (Å²) in [5.74, 6) is 0. The van der Waals surface area contributed by atoms with Crippen LogP contribution in [0.3, 0.4) is 0 Å². The molecule has 1 aliphatic heterocycles. The molecule has 1 aliphatic rings. The number of nitrogens with one attached hydrogen (secondary N) is 1. The van der Waals surface area contributed by atoms with Gasteiger partial charge in [-0.1, -0.05) is 18.2 Å². The largest absolute Gasteiger partial charge is 0.312 e. The predicted molar refractivity (Wildman–Crippen MR) is 73.4 cm³/mol. The van der Waals surface area contributed by atoms with E-state index < -0.39 is 0 Å². The molecule has 0 amide bonds. The van der Waals surface area contributed by atoms with Crippen LogP contribution in [-0.4, -0.2) is 30.6 Å². The molecule has 2 heteroatoms. The molecule has 0 bridgehead atoms. The number of piperazine rings is 1. The Labute approximate surface area is 105 Å². The second kappa shape index (κ2) is 5.19. The van der Waals surface area contributed by atoms with Gasteiger partial charge in [-0.15, -0.1) is 0 Å². The van der Waals surface area contributed by atoms with Crippen molar-refractivity contribution < 1.29 is 0 Å². The fourth-order valence-electron chi connectivity index (χ4n) is 2.55. The molecule has 1 heterocycles. The first-order valence-corrected chi connectivity index (χ1v) is 6.62. The van der Waals surface area contributed by atoms with Gasteiger partial charge in [-0.25, -0.2) is 0 Å². The molecule has 1 N–H and O–H groups in total. The third-order valence-corrected chi connectivity index (χ3v) is 3.96. The molecule has 1 saturated heterocycles. The van der Waals surface area contributed by atoms with Crippen LogP contribution in [0.25, 0.3) is 0 Å². The molecular weight excluding hydrogens is 208 g/mol. The topological polar surface area (TPSA) is 15.3 Å². The number of benzene rings is 1. The van der Waals surface area contributed by atoms with Gasteiger partial charge in [-0.05, 0) is 44.4 Å². The van der Waals surface area contributed by atoms with Gasteiger partial charge in [-0.3, -0.25) is 4.90 Å². The van der Waals surface area contributed by atoms with E-state index in [-0.39, 0.29) is 0 Å². The molecule has 0 spiro atoms. The van der Waals surface area contributed by atoms with Gasteiger partial charge in [0.2, 0.25) is 0 Å². The Hall–Kier alpha value is -0.860. The van der Waals surface area contributed by atoms with Gasteiger partial charge in [0.1, 0.15) is 0 Å². The summed E-state index contributed by atoms with van der Waals surface area (Å²) in [5.41, 5.74) is 4.23. The van der Waals surface area contributed by atoms with E-state index in [0.29, 0.717) is 12.1 Å². The van der Waals surface area contributed by atoms with Gasteiger partial charge >= 0.3 is 0 Å². The third kappa shape index (κ3) is 2.88. The summed E-state index contributed by atoms with van der Waals surface area (Å²) in [7, 11) is 0. The third-order valence-electron chi connectivity index (χ3n) is 3.96. The van der Waals surface area contributed by atoms with Crippen LogP contribution in [0.15, 0.2) is 18.2 Å². The normalized spacial score (nSPS) is 23.6. The smallest absolute Gasteiger partial charge is 0.0321 e. The van der Waals surface area contributed by atoms with E-state index in [0.717, 1.165) is 19.6 Å². The van der Waals surface area contributed by atoms with Crippen molar-refractivity contribution in [2.24, 2.45) is 0 Å². The van der Waals surface area contributed by atoms with Crippen LogP contribution in [0, 0.1) is 13.8 Å². The number of nitrogens with zero attached hydrogens (tertiary/aromatic N) is 1. The van der Waals surface area contributed by atoms with Gasteiger partial charge in [0.15, 0.2) is 0 Å². The Balaban J connectivity index is 2.12. The number of aryl methyl sites for hydroxylation is 2. The fraction of sp³-hybridized carbons (Fsp3) is 0.600. The molecule has 0 radical (unpaired) electrons. The van der Waals surface area contributed by atoms with Crippen molar-refractivity contribution in [2.45, 2.75) is 39.8 Å². The lowest BCUT2D eigenvalue weighted by Gasteiger charge is -2.36. The van der Waals surface area contributed by atoms with Crippen molar-refractivity contribution in [2.75, 3.05) is 19.6 Å². The van der Waals surface area contributed by atoms with Gasteiger partial charge < -0.3 is 5.32 Å². The van der Waals surface area contributed by atoms with Gasteiger partial charge in [0.05, 0.1) is 0 Å². The Morgan fingerprint density at radius 3 is 2.71 bits per heavy atom. The zero-order valence-corrected chi connectivity index (χ0v) is 11.5. The molecule has 94 valence electrons. The van der Waals surface area contributed by atoms with Gasteiger partial charge in [0, 0.05) is 31.7 Å². The summed E-state index contributed by atoms with van der Waals surface area (Å²) in [5, 5.41) is 3.50. The fourth-order valence-corrected chi connectivity index (χ4v) is 2.55. The Morgan fingerprint density at radius 2 is 2.06 bits per heavy atom. The van der Waals surface area contributed by atoms with Gasteiger partial charge in [0.25, 0.3) is 0 Å². The summed E-state index contributed by atoms with van der Waals surface area (Å²) in [6.45, 7) is 12.4. The molecule has 2 nitrogen and oxygen atoms in total. The molecule has 1 aromatic carbocycles. The van der Waals surface area contributed by atoms with Crippen molar-refractivity contribution in [1.29, 1.82) is 0 Å². The monoisotopic (exact) mass is 232 g/mol. The second-order valence-corrected chi connectivity index (χ2v) is 5.37. The summed E-state index contributed by atoms with van der Waals surface area (Å²) in [6, 6.07) is 8.00. The first kappa shape index (κ1) is 12.6. The van der Waals surface area contributed by atoms with Crippen LogP contribution in [0.2, 0.25) is 0 Å². The summed E-state index contributed by atoms with van der Waals surface area (Å²) in [6.07, 6.45) is 0. The van der Waals surface area contributed by atoms with Crippen molar-refractivity contribution in [3.8, 4) is 0 Å². The van der Waals surface area contributed by atoms with Crippen molar-refractivity contribution >= 4 is 0 Å². The van der Waals surface area contributed by atoms with Crippen molar-refractivity contribution in [1.82, 2.24) is 10.2 Å². The second-order valence-electron chi connectivity index (χ2n) is 5.37. The minimum Gasteiger partial charge on any atom is -0.312 e. The molecule has 0 aliphatic carbocycles. The molecular formula is C15H24N2. The average Bonchev–Trinajstić information content (AvgIpc) is 2.32. The van der Waals surface area contributed by atoms with E-state index in [1.807, 2.05) is 0 Å². The van der Waals surface area contributed by atoms with Crippen LogP contribution in [0.1, 0.15) is 36.6 Å². The highest BCUT2D eigenvalue weighted by Crippen LogP contribution is 2.23. The maximum Gasteiger partial charge on any atom is 0.0321 e. The zero-order valence-electron chi connectivity index (χ0n) is 11.5. The molecule has 2 unspecified atom stereocenters. The quantitative estimate of drug-likeness (QED) is 0.843. The molecule has 2 atom stereocenters. The van der Waals surface area contributed by atoms with Crippen LogP contribution in [0.4, 0.5) is 0 Å². The molecule has 0 aromatic heterocycles. The van der Waals surface area contributed by atoms with Crippen LogP contribution < -0.4 is 5.32 Å². The van der Waals surface area contributed by atoms with E-state index in [1.54, 1.807) is 0 Å². The lowest BCUT2D eigenvalue weighted by atomic mass is 10.00. The summed E-state index contributed by atoms with van der Waals surface area (Å²) < 4.78 is 0. The van der Waals surface area contributed by atoms with E-state index in [4.69, 9.17) is 0 Å². The zero-order chi connectivity index (χ0) is 12.4. The minimum absolute atomic E-state index is 0.527. The number of hydrogen-bond acceptors (Lipinski definition) is 2. The highest BCUT2D eigenvalue weighted by Gasteiger charge is 2.21. The predicted octanol–water partition coefficient (Wildman–Crippen LogP) is 2.66. The van der Waals surface area contributed by atoms with E-state index in [1.165, 1.54) is 16.7 Å². The SMILES string of the molecule is Cc1ccc(C(C)N2CCNC(C)C2)cc1C. The van der Waals surface area contributed by atoms with E-state index in [2.05, 4.69) is 56.1 Å². The van der Waals surface area contributed by atoms with Gasteiger partial charge in [-0.2, -0.15) is 0 Å². The molecule has 2 rings (SSSR count). The molecule has 1 fully saturated rings. The Bertz CT molecular complexity index is 387. The molecule has 0 saturated carbocycles. The highest BCUT2D eigenvalue weighted by atomic mass is 15.2. The van der Waals surface area contributed by atoms with Crippen LogP contribution in [-0.2, 0) is 0 Å². The first-order chi connectivity index (χ1) is 8.08. The average molecular weight is 232 g/mol. The maximum absolute atomic E-state index is 3.50. The van der Waals surface area contributed by atoms with E-state index >= 15 is 0 Å². The Kier molecular flexibility index (Phi) is 3.85. The minimum atomic E-state index is 0.527. The van der Waals surface area contributed by atoms with Crippen molar-refractivity contribution in [3.63, 3.8) is 0 Å². The van der Waals surface area contributed by atoms with E-state index in [9.17, 15) is 0 Å². The summed E-state index contributed by atoms with van der Waals surface area (Å²) in [4.78, 5) is 2.57. The van der Waals surface area contributed by atoms with Crippen LogP contribution in [0.5, 0.6) is 0 Å². The lowest BCUT2D eigenvalue weighted by molar-refractivity contribution is 0.158. The first-order valence-electron chi connectivity index (χ1n) is 6.62. The maximum atomic E-state index is 3.50. The number of rotatable bonds is 2. The highest BCUT2D eigenvalue weighted by molar-refractivity contribution is 5.31. The molecule has 17 heavy (non-hydrogen) atoms. The Morgan fingerprint density at radius 1 is 1.29 bits per heavy atom. The van der Waals surface area contributed by atoms with Crippen LogP contribution >= 0.6 is 0 Å².